The zero-order valence-corrected chi connectivity index (χ0v) is 17.9. The number of aromatic nitrogens is 2. The molecule has 0 saturated carbocycles. The van der Waals surface area contributed by atoms with Crippen molar-refractivity contribution in [3.05, 3.63) is 70.9 Å². The summed E-state index contributed by atoms with van der Waals surface area (Å²) in [5.74, 6) is -2.71. The van der Waals surface area contributed by atoms with Crippen LogP contribution in [0.25, 0.3) is 11.4 Å². The summed E-state index contributed by atoms with van der Waals surface area (Å²) in [7, 11) is 0. The van der Waals surface area contributed by atoms with E-state index in [-0.39, 0.29) is 23.8 Å². The lowest BCUT2D eigenvalue weighted by Gasteiger charge is -2.22. The summed E-state index contributed by atoms with van der Waals surface area (Å²) in [6, 6.07) is 9.73. The lowest BCUT2D eigenvalue weighted by atomic mass is 9.95. The maximum absolute atomic E-state index is 14.3. The van der Waals surface area contributed by atoms with E-state index in [2.05, 4.69) is 25.9 Å². The number of rotatable bonds is 6. The molecule has 1 aliphatic rings. The highest BCUT2D eigenvalue weighted by Crippen LogP contribution is 2.31. The second-order valence-corrected chi connectivity index (χ2v) is 7.63. The van der Waals surface area contributed by atoms with Crippen molar-refractivity contribution >= 4 is 23.3 Å². The molecule has 170 valence electrons. The largest absolute Gasteiger partial charge is 0.376 e. The maximum atomic E-state index is 14.3. The number of anilines is 2. The third-order valence-corrected chi connectivity index (χ3v) is 5.30. The second-order valence-electron chi connectivity index (χ2n) is 7.63. The van der Waals surface area contributed by atoms with E-state index >= 15 is 0 Å². The van der Waals surface area contributed by atoms with Gasteiger partial charge in [0.1, 0.15) is 23.0 Å². The van der Waals surface area contributed by atoms with E-state index in [1.54, 1.807) is 31.2 Å². The van der Waals surface area contributed by atoms with Crippen molar-refractivity contribution in [3.8, 4) is 11.4 Å². The van der Waals surface area contributed by atoms with E-state index in [1.165, 1.54) is 13.0 Å². The first kappa shape index (κ1) is 22.3. The Balaban J connectivity index is 1.71. The van der Waals surface area contributed by atoms with Crippen molar-refractivity contribution in [2.45, 2.75) is 26.0 Å². The first-order chi connectivity index (χ1) is 15.7. The van der Waals surface area contributed by atoms with Crippen LogP contribution in [0.4, 0.5) is 20.3 Å². The van der Waals surface area contributed by atoms with Gasteiger partial charge in [-0.15, -0.1) is 0 Å². The Labute approximate surface area is 188 Å². The number of carbonyl (C=O) groups is 2. The van der Waals surface area contributed by atoms with Crippen LogP contribution >= 0.6 is 0 Å². The smallest absolute Gasteiger partial charge is 0.257 e. The maximum Gasteiger partial charge on any atom is 0.257 e. The van der Waals surface area contributed by atoms with Gasteiger partial charge in [0.2, 0.25) is 0 Å². The Morgan fingerprint density at radius 2 is 1.79 bits per heavy atom. The standard InChI is InChI=1S/C23H21F2N5O3/c1-3-26-22(32)23(2,33)12-7-9-13(10-8-12)28-20-18-16(11-27-21(18)31)29-19(30-20)17-14(24)5-4-6-15(17)25/h4-10,33H,3,11H2,1-2H3,(H,26,32)(H,27,31)(H,28,29,30)/t23-/m0/s1. The van der Waals surface area contributed by atoms with E-state index in [0.29, 0.717) is 23.5 Å². The molecule has 1 aliphatic heterocycles. The van der Waals surface area contributed by atoms with Crippen molar-refractivity contribution < 1.29 is 23.5 Å². The molecule has 10 heteroatoms. The van der Waals surface area contributed by atoms with Gasteiger partial charge in [0.25, 0.3) is 11.8 Å². The highest BCUT2D eigenvalue weighted by Gasteiger charge is 2.32. The van der Waals surface area contributed by atoms with Crippen molar-refractivity contribution in [2.75, 3.05) is 11.9 Å². The highest BCUT2D eigenvalue weighted by atomic mass is 19.1. The van der Waals surface area contributed by atoms with Crippen molar-refractivity contribution in [1.29, 1.82) is 0 Å². The van der Waals surface area contributed by atoms with Crippen molar-refractivity contribution in [2.24, 2.45) is 0 Å². The Kier molecular flexibility index (Phi) is 5.77. The molecule has 4 N–H and O–H groups in total. The molecule has 2 heterocycles. The zero-order chi connectivity index (χ0) is 23.8. The molecule has 0 bridgehead atoms. The summed E-state index contributed by atoms with van der Waals surface area (Å²) in [6.07, 6.45) is 0. The molecule has 0 fully saturated rings. The SMILES string of the molecule is CCNC(=O)[C@@](C)(O)c1ccc(Nc2nc(-c3c(F)cccc3F)nc3c2C(=O)NC3)cc1. The van der Waals surface area contributed by atoms with Gasteiger partial charge in [-0.2, -0.15) is 0 Å². The predicted octanol–water partition coefficient (Wildman–Crippen LogP) is 2.75. The minimum Gasteiger partial charge on any atom is -0.376 e. The summed E-state index contributed by atoms with van der Waals surface area (Å²) >= 11 is 0. The molecule has 0 aliphatic carbocycles. The van der Waals surface area contributed by atoms with Crippen LogP contribution < -0.4 is 16.0 Å². The number of hydrogen-bond donors (Lipinski definition) is 4. The van der Waals surface area contributed by atoms with Crippen LogP contribution in [0.1, 0.15) is 35.5 Å². The molecule has 8 nitrogen and oxygen atoms in total. The normalized spacial score (nSPS) is 14.3. The van der Waals surface area contributed by atoms with Crippen molar-refractivity contribution in [1.82, 2.24) is 20.6 Å². The number of benzene rings is 2. The molecule has 33 heavy (non-hydrogen) atoms. The van der Waals surface area contributed by atoms with Crippen LogP contribution in [0.15, 0.2) is 42.5 Å². The highest BCUT2D eigenvalue weighted by molar-refractivity contribution is 6.03. The van der Waals surface area contributed by atoms with E-state index < -0.39 is 34.6 Å². The van der Waals surface area contributed by atoms with Gasteiger partial charge in [0.15, 0.2) is 11.4 Å². The van der Waals surface area contributed by atoms with Crippen LogP contribution in [-0.4, -0.2) is 33.4 Å². The zero-order valence-electron chi connectivity index (χ0n) is 17.9. The quantitative estimate of drug-likeness (QED) is 0.456. The molecule has 3 aromatic rings. The Morgan fingerprint density at radius 1 is 1.12 bits per heavy atom. The average Bonchev–Trinajstić information content (AvgIpc) is 3.15. The van der Waals surface area contributed by atoms with Gasteiger partial charge in [-0.05, 0) is 43.7 Å². The molecular weight excluding hydrogens is 432 g/mol. The van der Waals surface area contributed by atoms with Crippen LogP contribution in [0.2, 0.25) is 0 Å². The fourth-order valence-corrected chi connectivity index (χ4v) is 3.52. The predicted molar refractivity (Wildman–Crippen MR) is 117 cm³/mol. The minimum atomic E-state index is -1.74. The Bertz CT molecular complexity index is 1230. The third-order valence-electron chi connectivity index (χ3n) is 5.30. The van der Waals surface area contributed by atoms with Gasteiger partial charge in [-0.3, -0.25) is 9.59 Å². The summed E-state index contributed by atoms with van der Waals surface area (Å²) in [5, 5.41) is 18.7. The lowest BCUT2D eigenvalue weighted by Crippen LogP contribution is -2.42. The first-order valence-corrected chi connectivity index (χ1v) is 10.2. The molecule has 2 amide bonds. The average molecular weight is 453 g/mol. The number of likely N-dealkylation sites (N-methyl/N-ethyl adjacent to an activating group) is 1. The molecule has 0 unspecified atom stereocenters. The summed E-state index contributed by atoms with van der Waals surface area (Å²) in [6.45, 7) is 3.61. The molecule has 1 aromatic heterocycles. The van der Waals surface area contributed by atoms with E-state index in [0.717, 1.165) is 12.1 Å². The van der Waals surface area contributed by atoms with Crippen LogP contribution in [0.3, 0.4) is 0 Å². The first-order valence-electron chi connectivity index (χ1n) is 10.2. The fourth-order valence-electron chi connectivity index (χ4n) is 3.52. The van der Waals surface area contributed by atoms with Gasteiger partial charge >= 0.3 is 0 Å². The van der Waals surface area contributed by atoms with E-state index in [9.17, 15) is 23.5 Å². The molecule has 0 saturated heterocycles. The lowest BCUT2D eigenvalue weighted by molar-refractivity contribution is -0.138. The van der Waals surface area contributed by atoms with Gasteiger partial charge < -0.3 is 21.1 Å². The van der Waals surface area contributed by atoms with E-state index in [4.69, 9.17) is 0 Å². The van der Waals surface area contributed by atoms with Crippen LogP contribution in [-0.2, 0) is 16.9 Å². The number of nitrogens with zero attached hydrogens (tertiary/aromatic N) is 2. The van der Waals surface area contributed by atoms with E-state index in [1.807, 2.05) is 0 Å². The minimum absolute atomic E-state index is 0.0795. The topological polar surface area (TPSA) is 116 Å². The van der Waals surface area contributed by atoms with Crippen molar-refractivity contribution in [3.63, 3.8) is 0 Å². The third kappa shape index (κ3) is 4.12. The summed E-state index contributed by atoms with van der Waals surface area (Å²) in [4.78, 5) is 32.9. The van der Waals surface area contributed by atoms with Crippen LogP contribution in [0.5, 0.6) is 0 Å². The Morgan fingerprint density at radius 3 is 2.42 bits per heavy atom. The molecule has 0 spiro atoms. The van der Waals surface area contributed by atoms with Crippen LogP contribution in [0, 0.1) is 11.6 Å². The monoisotopic (exact) mass is 453 g/mol. The molecule has 1 atom stereocenters. The number of halogens is 2. The molecule has 0 radical (unpaired) electrons. The summed E-state index contributed by atoms with van der Waals surface area (Å²) in [5.41, 5.74) is -0.805. The van der Waals surface area contributed by atoms with Gasteiger partial charge in [-0.1, -0.05) is 18.2 Å². The fraction of sp³-hybridized carbons (Fsp3) is 0.217. The number of hydrogen-bond acceptors (Lipinski definition) is 6. The van der Waals surface area contributed by atoms with Gasteiger partial charge in [0, 0.05) is 12.2 Å². The van der Waals surface area contributed by atoms with Gasteiger partial charge in [0.05, 0.1) is 17.8 Å². The number of aliphatic hydroxyl groups is 1. The Hall–Kier alpha value is -3.92. The molecule has 2 aromatic carbocycles. The summed E-state index contributed by atoms with van der Waals surface area (Å²) < 4.78 is 28.6. The number of fused-ring (bicyclic) bond motifs is 1. The number of amides is 2. The number of carbonyl (C=O) groups excluding carboxylic acids is 2. The molecule has 4 rings (SSSR count). The van der Waals surface area contributed by atoms with Gasteiger partial charge in [-0.25, -0.2) is 18.7 Å². The second kappa shape index (κ2) is 8.55. The molecular formula is C23H21F2N5O3. The number of nitrogens with one attached hydrogen (secondary N) is 3.